The van der Waals surface area contributed by atoms with E-state index in [9.17, 15) is 8.42 Å². The molecule has 0 aliphatic carbocycles. The van der Waals surface area contributed by atoms with Gasteiger partial charge in [-0.3, -0.25) is 4.72 Å². The van der Waals surface area contributed by atoms with Crippen LogP contribution >= 0.6 is 0 Å². The lowest BCUT2D eigenvalue weighted by Crippen LogP contribution is -2.43. The highest BCUT2D eigenvalue weighted by molar-refractivity contribution is 7.93. The third-order valence-corrected chi connectivity index (χ3v) is 7.68. The molecular formula is C26H27N3O2S. The predicted octanol–water partition coefficient (Wildman–Crippen LogP) is 4.77. The van der Waals surface area contributed by atoms with Gasteiger partial charge in [-0.1, -0.05) is 61.5 Å². The second kappa shape index (κ2) is 8.45. The summed E-state index contributed by atoms with van der Waals surface area (Å²) >= 11 is 0. The molecule has 2 N–H and O–H groups in total. The molecule has 1 saturated heterocycles. The molecule has 5 rings (SSSR count). The van der Waals surface area contributed by atoms with E-state index in [1.807, 2.05) is 73.7 Å². The third-order valence-electron chi connectivity index (χ3n) is 6.16. The third kappa shape index (κ3) is 3.80. The van der Waals surface area contributed by atoms with Crippen LogP contribution in [0.25, 0.3) is 21.5 Å². The van der Waals surface area contributed by atoms with E-state index in [0.717, 1.165) is 59.0 Å². The van der Waals surface area contributed by atoms with Gasteiger partial charge in [-0.2, -0.15) is 0 Å². The Bertz CT molecular complexity index is 1390. The first-order valence-corrected chi connectivity index (χ1v) is 12.6. The van der Waals surface area contributed by atoms with Crippen molar-refractivity contribution in [1.82, 2.24) is 5.32 Å². The zero-order chi connectivity index (χ0) is 22.1. The summed E-state index contributed by atoms with van der Waals surface area (Å²) in [5.74, 6) is 0. The summed E-state index contributed by atoms with van der Waals surface area (Å²) in [5.41, 5.74) is 2.52. The van der Waals surface area contributed by atoms with Crippen molar-refractivity contribution in [3.63, 3.8) is 0 Å². The van der Waals surface area contributed by atoms with Crippen LogP contribution in [0.1, 0.15) is 12.5 Å². The van der Waals surface area contributed by atoms with Gasteiger partial charge in [0.2, 0.25) is 0 Å². The minimum Gasteiger partial charge on any atom is -0.368 e. The maximum absolute atomic E-state index is 13.7. The van der Waals surface area contributed by atoms with Crippen molar-refractivity contribution in [3.8, 4) is 0 Å². The first-order valence-electron chi connectivity index (χ1n) is 11.1. The van der Waals surface area contributed by atoms with Gasteiger partial charge in [0.25, 0.3) is 10.0 Å². The molecule has 164 valence electrons. The smallest absolute Gasteiger partial charge is 0.262 e. The summed E-state index contributed by atoms with van der Waals surface area (Å²) in [5, 5.41) is 7.22. The second-order valence-electron chi connectivity index (χ2n) is 8.19. The average molecular weight is 446 g/mol. The van der Waals surface area contributed by atoms with Crippen molar-refractivity contribution in [2.45, 2.75) is 18.2 Å². The lowest BCUT2D eigenvalue weighted by molar-refractivity contribution is 0.589. The number of nitrogens with zero attached hydrogens (tertiary/aromatic N) is 1. The van der Waals surface area contributed by atoms with Gasteiger partial charge in [-0.25, -0.2) is 8.42 Å². The Kier molecular flexibility index (Phi) is 5.49. The zero-order valence-corrected chi connectivity index (χ0v) is 19.0. The summed E-state index contributed by atoms with van der Waals surface area (Å²) in [6.45, 7) is 5.70. The number of hydrogen-bond donors (Lipinski definition) is 2. The molecule has 4 aromatic carbocycles. The fourth-order valence-electron chi connectivity index (χ4n) is 4.59. The molecule has 0 aromatic heterocycles. The molecule has 1 heterocycles. The normalized spacial score (nSPS) is 14.7. The maximum atomic E-state index is 13.7. The summed E-state index contributed by atoms with van der Waals surface area (Å²) in [4.78, 5) is 2.73. The minimum absolute atomic E-state index is 0.377. The van der Waals surface area contributed by atoms with Gasteiger partial charge in [-0.15, -0.1) is 0 Å². The molecule has 0 spiro atoms. The number of benzene rings is 4. The summed E-state index contributed by atoms with van der Waals surface area (Å²) in [6.07, 6.45) is 0.637. The molecule has 0 atom stereocenters. The molecule has 0 saturated carbocycles. The fourth-order valence-corrected chi connectivity index (χ4v) is 6.15. The van der Waals surface area contributed by atoms with Crippen LogP contribution in [0.2, 0.25) is 0 Å². The number of hydrogen-bond acceptors (Lipinski definition) is 4. The Hall–Kier alpha value is -3.09. The van der Waals surface area contributed by atoms with Crippen molar-refractivity contribution in [1.29, 1.82) is 0 Å². The van der Waals surface area contributed by atoms with E-state index < -0.39 is 10.0 Å². The Morgan fingerprint density at radius 3 is 2.31 bits per heavy atom. The number of aryl methyl sites for hydroxylation is 1. The van der Waals surface area contributed by atoms with E-state index in [-0.39, 0.29) is 0 Å². The van der Waals surface area contributed by atoms with Crippen LogP contribution in [0.15, 0.2) is 77.7 Å². The van der Waals surface area contributed by atoms with Gasteiger partial charge in [-0.05, 0) is 41.0 Å². The number of fused-ring (bicyclic) bond motifs is 2. The molecule has 4 aromatic rings. The van der Waals surface area contributed by atoms with Crippen LogP contribution in [-0.4, -0.2) is 34.6 Å². The molecule has 0 amide bonds. The van der Waals surface area contributed by atoms with Gasteiger partial charge in [0, 0.05) is 48.3 Å². The number of piperazine rings is 1. The molecular weight excluding hydrogens is 418 g/mol. The molecule has 1 aliphatic heterocycles. The SMILES string of the molecule is CCc1cc(N2CCNCC2)c2ccccc2c1S(=O)(=O)Nc1ccc2ccccc2c1. The van der Waals surface area contributed by atoms with Gasteiger partial charge < -0.3 is 10.2 Å². The van der Waals surface area contributed by atoms with Gasteiger partial charge in [0.05, 0.1) is 4.90 Å². The van der Waals surface area contributed by atoms with Crippen LogP contribution in [0.5, 0.6) is 0 Å². The molecule has 1 aliphatic rings. The van der Waals surface area contributed by atoms with Gasteiger partial charge in [0.15, 0.2) is 0 Å². The molecule has 0 unspecified atom stereocenters. The van der Waals surface area contributed by atoms with Crippen LogP contribution in [0.4, 0.5) is 11.4 Å². The first-order chi connectivity index (χ1) is 15.6. The first kappa shape index (κ1) is 20.8. The maximum Gasteiger partial charge on any atom is 0.262 e. The monoisotopic (exact) mass is 445 g/mol. The zero-order valence-electron chi connectivity index (χ0n) is 18.1. The van der Waals surface area contributed by atoms with E-state index in [4.69, 9.17) is 0 Å². The van der Waals surface area contributed by atoms with Crippen LogP contribution in [0.3, 0.4) is 0 Å². The number of anilines is 2. The Balaban J connectivity index is 1.63. The van der Waals surface area contributed by atoms with Gasteiger partial charge >= 0.3 is 0 Å². The standard InChI is InChI=1S/C26H27N3O2S/c1-2-19-18-25(29-15-13-27-14-16-29)23-9-5-6-10-24(23)26(19)32(30,31)28-22-12-11-20-7-3-4-8-21(20)17-22/h3-12,17-18,27-28H,2,13-16H2,1H3. The Labute approximate surface area is 189 Å². The van der Waals surface area contributed by atoms with Crippen molar-refractivity contribution < 1.29 is 8.42 Å². The quantitative estimate of drug-likeness (QED) is 0.465. The van der Waals surface area contributed by atoms with Crippen molar-refractivity contribution in [2.24, 2.45) is 0 Å². The summed E-state index contributed by atoms with van der Waals surface area (Å²) in [7, 11) is -3.78. The highest BCUT2D eigenvalue weighted by Gasteiger charge is 2.25. The lowest BCUT2D eigenvalue weighted by Gasteiger charge is -2.31. The summed E-state index contributed by atoms with van der Waals surface area (Å²) < 4.78 is 30.2. The van der Waals surface area contributed by atoms with E-state index in [0.29, 0.717) is 17.0 Å². The predicted molar refractivity (Wildman–Crippen MR) is 133 cm³/mol. The fraction of sp³-hybridized carbons (Fsp3) is 0.231. The topological polar surface area (TPSA) is 61.4 Å². The Morgan fingerprint density at radius 2 is 1.56 bits per heavy atom. The van der Waals surface area contributed by atoms with Crippen LogP contribution < -0.4 is 14.9 Å². The molecule has 0 radical (unpaired) electrons. The largest absolute Gasteiger partial charge is 0.368 e. The molecule has 32 heavy (non-hydrogen) atoms. The van der Waals surface area contributed by atoms with Crippen molar-refractivity contribution in [3.05, 3.63) is 78.4 Å². The van der Waals surface area contributed by atoms with Crippen molar-refractivity contribution in [2.75, 3.05) is 35.8 Å². The average Bonchev–Trinajstić information content (AvgIpc) is 2.83. The second-order valence-corrected chi connectivity index (χ2v) is 9.81. The number of nitrogens with one attached hydrogen (secondary N) is 2. The van der Waals surface area contributed by atoms with E-state index >= 15 is 0 Å². The van der Waals surface area contributed by atoms with E-state index in [1.165, 1.54) is 0 Å². The molecule has 6 heteroatoms. The van der Waals surface area contributed by atoms with E-state index in [2.05, 4.69) is 21.0 Å². The molecule has 1 fully saturated rings. The van der Waals surface area contributed by atoms with E-state index in [1.54, 1.807) is 0 Å². The highest BCUT2D eigenvalue weighted by Crippen LogP contribution is 2.36. The number of sulfonamides is 1. The number of rotatable bonds is 5. The molecule has 0 bridgehead atoms. The molecule has 5 nitrogen and oxygen atoms in total. The lowest BCUT2D eigenvalue weighted by atomic mass is 10.0. The van der Waals surface area contributed by atoms with Gasteiger partial charge in [0.1, 0.15) is 0 Å². The van der Waals surface area contributed by atoms with Crippen molar-refractivity contribution >= 4 is 42.9 Å². The van der Waals surface area contributed by atoms with Crippen LogP contribution in [0, 0.1) is 0 Å². The highest BCUT2D eigenvalue weighted by atomic mass is 32.2. The minimum atomic E-state index is -3.78. The van der Waals surface area contributed by atoms with Crippen LogP contribution in [-0.2, 0) is 16.4 Å². The summed E-state index contributed by atoms with van der Waals surface area (Å²) in [6, 6.07) is 23.5. The Morgan fingerprint density at radius 1 is 0.875 bits per heavy atom.